The number of amides is 1. The van der Waals surface area contributed by atoms with E-state index in [1.807, 2.05) is 43.3 Å². The van der Waals surface area contributed by atoms with Crippen LogP contribution in [0.4, 0.5) is 5.69 Å². The fourth-order valence-electron chi connectivity index (χ4n) is 2.03. The molecule has 0 saturated heterocycles. The minimum Gasteiger partial charge on any atom is -0.358 e. The quantitative estimate of drug-likeness (QED) is 0.601. The summed E-state index contributed by atoms with van der Waals surface area (Å²) in [4.78, 5) is 12.2. The molecule has 0 spiro atoms. The molecule has 0 aliphatic rings. The van der Waals surface area contributed by atoms with E-state index in [9.17, 15) is 10.1 Å². The highest BCUT2D eigenvalue weighted by atomic mass is 35.5. The highest BCUT2D eigenvalue weighted by molar-refractivity contribution is 6.39. The summed E-state index contributed by atoms with van der Waals surface area (Å²) in [5.74, 6) is -0.482. The van der Waals surface area contributed by atoms with Crippen molar-refractivity contribution in [1.82, 2.24) is 5.32 Å². The second-order valence-electron chi connectivity index (χ2n) is 5.02. The number of hydrogen-bond donors (Lipinski definition) is 2. The number of carbonyl (C=O) groups excluding carboxylic acids is 1. The molecule has 0 aromatic heterocycles. The van der Waals surface area contributed by atoms with Crippen molar-refractivity contribution in [3.8, 4) is 6.07 Å². The molecule has 0 fully saturated rings. The number of nitrogens with one attached hydrogen (secondary N) is 2. The summed E-state index contributed by atoms with van der Waals surface area (Å²) in [6, 6.07) is 16.2. The first-order chi connectivity index (χ1) is 11.5. The molecule has 1 unspecified atom stereocenters. The van der Waals surface area contributed by atoms with Crippen molar-refractivity contribution >= 4 is 34.8 Å². The van der Waals surface area contributed by atoms with Crippen molar-refractivity contribution in [2.45, 2.75) is 13.0 Å². The van der Waals surface area contributed by atoms with E-state index in [0.717, 1.165) is 5.56 Å². The predicted octanol–water partition coefficient (Wildman–Crippen LogP) is 4.69. The summed E-state index contributed by atoms with van der Waals surface area (Å²) in [7, 11) is 0. The Morgan fingerprint density at radius 3 is 2.33 bits per heavy atom. The van der Waals surface area contributed by atoms with Crippen molar-refractivity contribution in [2.24, 2.45) is 0 Å². The zero-order chi connectivity index (χ0) is 17.5. The van der Waals surface area contributed by atoms with Gasteiger partial charge in [-0.1, -0.05) is 59.6 Å². The number of carbonyl (C=O) groups is 1. The molecule has 0 saturated carbocycles. The van der Waals surface area contributed by atoms with E-state index in [1.165, 1.54) is 6.20 Å². The molecule has 1 atom stereocenters. The zero-order valence-electron chi connectivity index (χ0n) is 12.9. The van der Waals surface area contributed by atoms with Crippen LogP contribution in [0, 0.1) is 11.3 Å². The third-order valence-electron chi connectivity index (χ3n) is 3.34. The number of hydrogen-bond acceptors (Lipinski definition) is 3. The van der Waals surface area contributed by atoms with Gasteiger partial charge in [0, 0.05) is 6.20 Å². The van der Waals surface area contributed by atoms with Gasteiger partial charge in [-0.15, -0.1) is 0 Å². The zero-order valence-corrected chi connectivity index (χ0v) is 14.4. The van der Waals surface area contributed by atoms with Gasteiger partial charge < -0.3 is 10.6 Å². The van der Waals surface area contributed by atoms with Gasteiger partial charge in [0.05, 0.1) is 21.8 Å². The smallest absolute Gasteiger partial charge is 0.263 e. The fourth-order valence-corrected chi connectivity index (χ4v) is 2.53. The number of benzene rings is 2. The summed E-state index contributed by atoms with van der Waals surface area (Å²) in [5.41, 5.74) is 1.32. The Labute approximate surface area is 150 Å². The van der Waals surface area contributed by atoms with Gasteiger partial charge in [-0.05, 0) is 24.6 Å². The molecule has 2 aromatic rings. The molecule has 122 valence electrons. The number of halogens is 2. The molecule has 6 heteroatoms. The van der Waals surface area contributed by atoms with Crippen molar-refractivity contribution in [1.29, 1.82) is 5.26 Å². The lowest BCUT2D eigenvalue weighted by Gasteiger charge is -2.14. The first-order valence-corrected chi connectivity index (χ1v) is 7.95. The van der Waals surface area contributed by atoms with Crippen molar-refractivity contribution in [3.05, 3.63) is 75.9 Å². The summed E-state index contributed by atoms with van der Waals surface area (Å²) in [5, 5.41) is 15.6. The average Bonchev–Trinajstić information content (AvgIpc) is 2.58. The normalized spacial score (nSPS) is 12.2. The van der Waals surface area contributed by atoms with E-state index in [1.54, 1.807) is 18.2 Å². The average molecular weight is 360 g/mol. The number of rotatable bonds is 5. The largest absolute Gasteiger partial charge is 0.358 e. The van der Waals surface area contributed by atoms with E-state index in [4.69, 9.17) is 23.2 Å². The third kappa shape index (κ3) is 4.51. The summed E-state index contributed by atoms with van der Waals surface area (Å²) in [6.45, 7) is 1.85. The van der Waals surface area contributed by atoms with E-state index in [-0.39, 0.29) is 11.6 Å². The minimum absolute atomic E-state index is 0.0752. The minimum atomic E-state index is -0.482. The Morgan fingerprint density at radius 1 is 1.12 bits per heavy atom. The Kier molecular flexibility index (Phi) is 6.25. The monoisotopic (exact) mass is 359 g/mol. The highest BCUT2D eigenvalue weighted by Crippen LogP contribution is 2.29. The van der Waals surface area contributed by atoms with Gasteiger partial charge in [0.1, 0.15) is 11.6 Å². The van der Waals surface area contributed by atoms with Crippen LogP contribution < -0.4 is 10.6 Å². The van der Waals surface area contributed by atoms with Crippen LogP contribution in [0.2, 0.25) is 10.0 Å². The van der Waals surface area contributed by atoms with Gasteiger partial charge in [-0.25, -0.2) is 0 Å². The van der Waals surface area contributed by atoms with Crippen LogP contribution in [0.1, 0.15) is 18.5 Å². The third-order valence-corrected chi connectivity index (χ3v) is 3.97. The van der Waals surface area contributed by atoms with Crippen LogP contribution in [-0.4, -0.2) is 5.91 Å². The molecule has 0 aliphatic heterocycles. The lowest BCUT2D eigenvalue weighted by atomic mass is 10.1. The summed E-state index contributed by atoms with van der Waals surface area (Å²) in [6.07, 6.45) is 1.29. The highest BCUT2D eigenvalue weighted by Gasteiger charge is 2.14. The molecule has 4 nitrogen and oxygen atoms in total. The maximum Gasteiger partial charge on any atom is 0.263 e. The van der Waals surface area contributed by atoms with Crippen LogP contribution in [0.3, 0.4) is 0 Å². The Hall–Kier alpha value is -2.48. The Bertz CT molecular complexity index is 777. The number of nitrogens with zero attached hydrogens (tertiary/aromatic N) is 1. The molecule has 1 amide bonds. The Morgan fingerprint density at radius 2 is 1.75 bits per heavy atom. The molecule has 0 heterocycles. The van der Waals surface area contributed by atoms with Crippen molar-refractivity contribution in [3.63, 3.8) is 0 Å². The fraction of sp³-hybridized carbons (Fsp3) is 0.111. The van der Waals surface area contributed by atoms with Crippen LogP contribution in [0.15, 0.2) is 60.3 Å². The summed E-state index contributed by atoms with van der Waals surface area (Å²) >= 11 is 12.1. The lowest BCUT2D eigenvalue weighted by molar-refractivity contribution is -0.117. The molecule has 0 aliphatic carbocycles. The lowest BCUT2D eigenvalue weighted by Crippen LogP contribution is -2.28. The van der Waals surface area contributed by atoms with Gasteiger partial charge in [0.2, 0.25) is 0 Å². The SMILES string of the molecule is CC(NC(=O)/C(C#N)=C\Nc1c(Cl)cccc1Cl)c1ccccc1. The van der Waals surface area contributed by atoms with E-state index in [2.05, 4.69) is 10.6 Å². The molecule has 0 bridgehead atoms. The first-order valence-electron chi connectivity index (χ1n) is 7.19. The summed E-state index contributed by atoms with van der Waals surface area (Å²) < 4.78 is 0. The van der Waals surface area contributed by atoms with Crippen molar-refractivity contribution in [2.75, 3.05) is 5.32 Å². The standard InChI is InChI=1S/C18H15Cl2N3O/c1-12(13-6-3-2-4-7-13)23-18(24)14(10-21)11-22-17-15(19)8-5-9-16(17)20/h2-9,11-12,22H,1H3,(H,23,24)/b14-11-. The first kappa shape index (κ1) is 17.9. The number of anilines is 1. The molecule has 2 aromatic carbocycles. The molecule has 0 radical (unpaired) electrons. The molecule has 2 N–H and O–H groups in total. The molecule has 24 heavy (non-hydrogen) atoms. The van der Waals surface area contributed by atoms with Crippen molar-refractivity contribution < 1.29 is 4.79 Å². The topological polar surface area (TPSA) is 64.9 Å². The van der Waals surface area contributed by atoms with E-state index >= 15 is 0 Å². The maximum atomic E-state index is 12.2. The molecular weight excluding hydrogens is 345 g/mol. The second-order valence-corrected chi connectivity index (χ2v) is 5.83. The van der Waals surface area contributed by atoms with Gasteiger partial charge in [-0.2, -0.15) is 5.26 Å². The number of para-hydroxylation sites is 1. The van der Waals surface area contributed by atoms with Gasteiger partial charge >= 0.3 is 0 Å². The Balaban J connectivity index is 2.10. The van der Waals surface area contributed by atoms with Gasteiger partial charge in [0.25, 0.3) is 5.91 Å². The van der Waals surface area contributed by atoms with E-state index in [0.29, 0.717) is 15.7 Å². The molecule has 2 rings (SSSR count). The van der Waals surface area contributed by atoms with Crippen LogP contribution in [0.25, 0.3) is 0 Å². The predicted molar refractivity (Wildman–Crippen MR) is 96.8 cm³/mol. The van der Waals surface area contributed by atoms with E-state index < -0.39 is 5.91 Å². The van der Waals surface area contributed by atoms with Gasteiger partial charge in [0.15, 0.2) is 0 Å². The number of nitriles is 1. The second kappa shape index (κ2) is 8.39. The van der Waals surface area contributed by atoms with Crippen LogP contribution in [0.5, 0.6) is 0 Å². The molecular formula is C18H15Cl2N3O. The van der Waals surface area contributed by atoms with Crippen LogP contribution in [-0.2, 0) is 4.79 Å². The maximum absolute atomic E-state index is 12.2. The van der Waals surface area contributed by atoms with Gasteiger partial charge in [-0.3, -0.25) is 4.79 Å². The van der Waals surface area contributed by atoms with Crippen LogP contribution >= 0.6 is 23.2 Å².